The number of hydrogen-bond donors (Lipinski definition) is 2. The van der Waals surface area contributed by atoms with E-state index in [1.54, 1.807) is 6.20 Å². The van der Waals surface area contributed by atoms with Gasteiger partial charge in [-0.2, -0.15) is 9.64 Å². The molecule has 0 amide bonds. The van der Waals surface area contributed by atoms with Gasteiger partial charge in [-0.05, 0) is 36.2 Å². The number of aryl methyl sites for hydroxylation is 1. The molecule has 0 saturated heterocycles. The van der Waals surface area contributed by atoms with E-state index in [0.717, 1.165) is 27.2 Å². The van der Waals surface area contributed by atoms with Crippen molar-refractivity contribution in [1.82, 2.24) is 9.36 Å². The molecule has 0 radical (unpaired) electrons. The predicted octanol–water partition coefficient (Wildman–Crippen LogP) is 3.92. The molecular formula is C13H10N4S2. The fraction of sp³-hybridized carbons (Fsp3) is 0.0769. The maximum absolute atomic E-state index is 9.12. The van der Waals surface area contributed by atoms with Gasteiger partial charge in [0.1, 0.15) is 11.1 Å². The zero-order valence-corrected chi connectivity index (χ0v) is 11.7. The first-order chi connectivity index (χ1) is 9.29. The topological polar surface area (TPSA) is 64.5 Å². The van der Waals surface area contributed by atoms with Crippen molar-refractivity contribution in [3.63, 3.8) is 0 Å². The number of anilines is 1. The molecule has 2 heterocycles. The molecule has 4 nitrogen and oxygen atoms in total. The maximum Gasteiger partial charge on any atom is 0.130 e. The first-order valence-electron chi connectivity index (χ1n) is 5.63. The van der Waals surface area contributed by atoms with Gasteiger partial charge in [0, 0.05) is 28.9 Å². The van der Waals surface area contributed by atoms with E-state index in [9.17, 15) is 0 Å². The Kier molecular flexibility index (Phi) is 3.15. The van der Waals surface area contributed by atoms with E-state index in [1.165, 1.54) is 23.5 Å². The van der Waals surface area contributed by atoms with Crippen LogP contribution in [0.2, 0.25) is 0 Å². The highest BCUT2D eigenvalue weighted by atomic mass is 32.2. The summed E-state index contributed by atoms with van der Waals surface area (Å²) >= 11 is 2.89. The molecule has 1 aromatic carbocycles. The van der Waals surface area contributed by atoms with Gasteiger partial charge in [-0.3, -0.25) is 0 Å². The number of aromatic amines is 1. The quantitative estimate of drug-likeness (QED) is 0.716. The zero-order chi connectivity index (χ0) is 13.2. The normalized spacial score (nSPS) is 10.5. The molecule has 94 valence electrons. The van der Waals surface area contributed by atoms with E-state index in [4.69, 9.17) is 5.26 Å². The van der Waals surface area contributed by atoms with Gasteiger partial charge in [0.25, 0.3) is 0 Å². The van der Waals surface area contributed by atoms with Crippen molar-refractivity contribution in [3.8, 4) is 6.07 Å². The van der Waals surface area contributed by atoms with E-state index in [-0.39, 0.29) is 0 Å². The Hall–Kier alpha value is -1.97. The number of hydrogen-bond acceptors (Lipinski definition) is 5. The van der Waals surface area contributed by atoms with Crippen molar-refractivity contribution in [2.45, 2.75) is 11.9 Å². The van der Waals surface area contributed by atoms with Gasteiger partial charge in [0.2, 0.25) is 0 Å². The van der Waals surface area contributed by atoms with Crippen LogP contribution in [0.3, 0.4) is 0 Å². The second-order valence-corrected chi connectivity index (χ2v) is 5.53. The van der Waals surface area contributed by atoms with Crippen LogP contribution in [0.5, 0.6) is 0 Å². The average Bonchev–Trinajstić information content (AvgIpc) is 3.07. The third-order valence-electron chi connectivity index (χ3n) is 2.84. The van der Waals surface area contributed by atoms with E-state index < -0.39 is 0 Å². The summed E-state index contributed by atoms with van der Waals surface area (Å²) in [5, 5.41) is 13.0. The maximum atomic E-state index is 9.12. The zero-order valence-electron chi connectivity index (χ0n) is 10.1. The van der Waals surface area contributed by atoms with Crippen LogP contribution >= 0.6 is 23.5 Å². The summed E-state index contributed by atoms with van der Waals surface area (Å²) in [6, 6.07) is 8.20. The van der Waals surface area contributed by atoms with Crippen molar-refractivity contribution < 1.29 is 0 Å². The van der Waals surface area contributed by atoms with Gasteiger partial charge >= 0.3 is 0 Å². The van der Waals surface area contributed by atoms with Gasteiger partial charge < -0.3 is 9.71 Å². The molecule has 0 aliphatic carbocycles. The molecule has 0 bridgehead atoms. The highest BCUT2D eigenvalue weighted by Crippen LogP contribution is 2.31. The molecule has 0 spiro atoms. The van der Waals surface area contributed by atoms with Crippen LogP contribution < -0.4 is 4.72 Å². The molecule has 3 rings (SSSR count). The monoisotopic (exact) mass is 286 g/mol. The predicted molar refractivity (Wildman–Crippen MR) is 79.3 cm³/mol. The van der Waals surface area contributed by atoms with Gasteiger partial charge in [-0.25, -0.2) is 0 Å². The van der Waals surface area contributed by atoms with E-state index in [1.807, 2.05) is 30.5 Å². The lowest BCUT2D eigenvalue weighted by Gasteiger charge is -2.06. The fourth-order valence-corrected chi connectivity index (χ4v) is 3.26. The Balaban J connectivity index is 1.98. The average molecular weight is 286 g/mol. The summed E-state index contributed by atoms with van der Waals surface area (Å²) in [5.74, 6) is 0. The van der Waals surface area contributed by atoms with Gasteiger partial charge in [-0.15, -0.1) is 0 Å². The second-order valence-electron chi connectivity index (χ2n) is 4.04. The number of fused-ring (bicyclic) bond motifs is 1. The van der Waals surface area contributed by atoms with Crippen LogP contribution in [0.4, 0.5) is 5.69 Å². The number of rotatable bonds is 3. The van der Waals surface area contributed by atoms with Crippen LogP contribution in [-0.4, -0.2) is 9.36 Å². The number of benzene rings is 1. The summed E-state index contributed by atoms with van der Waals surface area (Å²) in [5.41, 5.74) is 3.69. The molecule has 2 N–H and O–H groups in total. The molecule has 0 fully saturated rings. The Bertz CT molecular complexity index is 753. The summed E-state index contributed by atoms with van der Waals surface area (Å²) < 4.78 is 7.50. The lowest BCUT2D eigenvalue weighted by Crippen LogP contribution is -1.89. The number of H-pyrrole nitrogens is 1. The Morgan fingerprint density at radius 3 is 3.05 bits per heavy atom. The number of aromatic nitrogens is 2. The Morgan fingerprint density at radius 1 is 1.42 bits per heavy atom. The van der Waals surface area contributed by atoms with Crippen molar-refractivity contribution in [2.75, 3.05) is 4.72 Å². The van der Waals surface area contributed by atoms with Crippen LogP contribution in [0.25, 0.3) is 10.9 Å². The minimum atomic E-state index is 0.676. The van der Waals surface area contributed by atoms with Crippen LogP contribution in [0, 0.1) is 18.3 Å². The highest BCUT2D eigenvalue weighted by Gasteiger charge is 2.10. The molecule has 0 aliphatic heterocycles. The second kappa shape index (κ2) is 4.96. The third-order valence-corrected chi connectivity index (χ3v) is 4.28. The van der Waals surface area contributed by atoms with Gasteiger partial charge in [0.15, 0.2) is 0 Å². The molecule has 19 heavy (non-hydrogen) atoms. The van der Waals surface area contributed by atoms with Gasteiger partial charge in [-0.1, -0.05) is 6.07 Å². The number of nitrogens with zero attached hydrogens (tertiary/aromatic N) is 2. The van der Waals surface area contributed by atoms with Gasteiger partial charge in [0.05, 0.1) is 16.8 Å². The highest BCUT2D eigenvalue weighted by molar-refractivity contribution is 8.00. The van der Waals surface area contributed by atoms with Crippen molar-refractivity contribution >= 4 is 40.1 Å². The molecule has 0 saturated carbocycles. The largest absolute Gasteiger partial charge is 0.358 e. The molecule has 6 heteroatoms. The molecule has 0 unspecified atom stereocenters. The Morgan fingerprint density at radius 2 is 2.32 bits per heavy atom. The molecule has 0 atom stereocenters. The fourth-order valence-electron chi connectivity index (χ4n) is 1.95. The summed E-state index contributed by atoms with van der Waals surface area (Å²) in [6.45, 7) is 2.01. The van der Waals surface area contributed by atoms with Crippen molar-refractivity contribution in [3.05, 3.63) is 40.9 Å². The first-order valence-corrected chi connectivity index (χ1v) is 7.29. The van der Waals surface area contributed by atoms with Crippen LogP contribution in [0.1, 0.15) is 11.1 Å². The standard InChI is InChI=1S/C13H10N4S2/c1-8-2-3-10(16-19-11-4-5-18-17-11)13-12(8)9(6-14)7-15-13/h2-5,7,15-16H,1H3. The first kappa shape index (κ1) is 12.1. The summed E-state index contributed by atoms with van der Waals surface area (Å²) in [4.78, 5) is 3.16. The minimum absolute atomic E-state index is 0.676. The van der Waals surface area contributed by atoms with E-state index >= 15 is 0 Å². The summed E-state index contributed by atoms with van der Waals surface area (Å²) in [6.07, 6.45) is 1.75. The number of nitriles is 1. The van der Waals surface area contributed by atoms with Crippen molar-refractivity contribution in [1.29, 1.82) is 5.26 Å². The van der Waals surface area contributed by atoms with E-state index in [0.29, 0.717) is 5.56 Å². The van der Waals surface area contributed by atoms with Crippen LogP contribution in [-0.2, 0) is 0 Å². The smallest absolute Gasteiger partial charge is 0.130 e. The SMILES string of the molecule is Cc1ccc(NSc2ccsn2)c2[nH]cc(C#N)c12. The number of nitrogens with one attached hydrogen (secondary N) is 2. The lowest BCUT2D eigenvalue weighted by molar-refractivity contribution is 1.29. The lowest BCUT2D eigenvalue weighted by atomic mass is 10.1. The molecule has 2 aromatic heterocycles. The summed E-state index contributed by atoms with van der Waals surface area (Å²) in [7, 11) is 0. The molecule has 3 aromatic rings. The minimum Gasteiger partial charge on any atom is -0.358 e. The van der Waals surface area contributed by atoms with Crippen LogP contribution in [0.15, 0.2) is 34.8 Å². The Labute approximate surface area is 118 Å². The van der Waals surface area contributed by atoms with E-state index in [2.05, 4.69) is 20.1 Å². The molecular weight excluding hydrogens is 276 g/mol. The van der Waals surface area contributed by atoms with Crippen molar-refractivity contribution in [2.24, 2.45) is 0 Å². The molecule has 0 aliphatic rings. The third kappa shape index (κ3) is 2.18.